The van der Waals surface area contributed by atoms with Crippen LogP contribution in [0.5, 0.6) is 0 Å². The van der Waals surface area contributed by atoms with Gasteiger partial charge in [0.25, 0.3) is 0 Å². The van der Waals surface area contributed by atoms with Gasteiger partial charge in [0, 0.05) is 0 Å². The molecule has 0 aliphatic heterocycles. The molecule has 0 spiro atoms. The Morgan fingerprint density at radius 3 is 1.64 bits per heavy atom. The summed E-state index contributed by atoms with van der Waals surface area (Å²) in [6.45, 7) is 0.124. The molecule has 0 heterocycles. The topological polar surface area (TPSA) is 19.9 Å². The Balaban J connectivity index is 2.69. The quantitative estimate of drug-likeness (QED) is 0.612. The first-order valence-electron chi connectivity index (χ1n) is 4.60. The normalized spacial score (nSPS) is 10.3. The molecule has 0 fully saturated rings. The molecule has 0 rings (SSSR count). The van der Waals surface area contributed by atoms with Gasteiger partial charge in [0.2, 0.25) is 0 Å². The molecule has 1 nitrogen and oxygen atoms in total. The van der Waals surface area contributed by atoms with Crippen LogP contribution in [-0.2, 0) is 26.2 Å². The van der Waals surface area contributed by atoms with E-state index in [1.54, 1.807) is 21.1 Å². The fourth-order valence-corrected chi connectivity index (χ4v) is 1.90. The van der Waals surface area contributed by atoms with E-state index in [1.165, 1.54) is 36.7 Å². The molecule has 0 N–H and O–H groups in total. The van der Waals surface area contributed by atoms with Crippen LogP contribution in [0.1, 0.15) is 44.9 Å². The van der Waals surface area contributed by atoms with Gasteiger partial charge < -0.3 is 0 Å². The maximum atomic E-state index is 10.1. The van der Waals surface area contributed by atoms with E-state index in [1.807, 2.05) is 0 Å². The summed E-state index contributed by atoms with van der Waals surface area (Å²) < 4.78 is 1.43. The third-order valence-corrected chi connectivity index (χ3v) is 2.94. The van der Waals surface area contributed by atoms with Gasteiger partial charge in [-0.3, -0.25) is 0 Å². The first kappa shape index (κ1) is 11.7. The summed E-state index contributed by atoms with van der Waals surface area (Å²) in [7, 11) is 0. The molecule has 0 aliphatic rings. The predicted octanol–water partition coefficient (Wildman–Crippen LogP) is 3.11. The molecule has 1 radical (unpaired) electrons. The molecule has 0 atom stereocenters. The van der Waals surface area contributed by atoms with E-state index in [-0.39, 0.29) is 6.61 Å². The first-order valence-corrected chi connectivity index (χ1v) is 6.88. The van der Waals surface area contributed by atoms with Gasteiger partial charge in [-0.05, 0) is 0 Å². The van der Waals surface area contributed by atoms with Gasteiger partial charge in [0.1, 0.15) is 0 Å². The van der Waals surface area contributed by atoms with Crippen molar-refractivity contribution in [2.24, 2.45) is 0 Å². The zero-order valence-electron chi connectivity index (χ0n) is 7.22. The maximum absolute atomic E-state index is 10.1. The van der Waals surface area contributed by atoms with E-state index in [9.17, 15) is 5.11 Å². The Labute approximate surface area is 82.5 Å². The van der Waals surface area contributed by atoms with Crippen molar-refractivity contribution >= 4 is 0 Å². The summed E-state index contributed by atoms with van der Waals surface area (Å²) in [5, 5.41) is 10.1. The van der Waals surface area contributed by atoms with E-state index in [0.717, 1.165) is 12.8 Å². The molecule has 0 unspecified atom stereocenters. The van der Waals surface area contributed by atoms with Crippen molar-refractivity contribution in [3.05, 3.63) is 0 Å². The van der Waals surface area contributed by atoms with Crippen molar-refractivity contribution < 1.29 is 26.2 Å². The van der Waals surface area contributed by atoms with Gasteiger partial charge in [-0.2, -0.15) is 0 Å². The van der Waals surface area contributed by atoms with Crippen LogP contribution in [0.15, 0.2) is 0 Å². The van der Waals surface area contributed by atoms with Crippen molar-refractivity contribution in [2.75, 3.05) is 6.61 Å². The minimum absolute atomic E-state index is 0.124. The molecular formula is C9H18OTa. The Morgan fingerprint density at radius 1 is 0.727 bits per heavy atom. The van der Waals surface area contributed by atoms with Crippen molar-refractivity contribution in [1.82, 2.24) is 0 Å². The second kappa shape index (κ2) is 10.7. The van der Waals surface area contributed by atoms with Crippen LogP contribution in [0.4, 0.5) is 0 Å². The van der Waals surface area contributed by atoms with E-state index < -0.39 is 0 Å². The van der Waals surface area contributed by atoms with Gasteiger partial charge in [-0.1, -0.05) is 0 Å². The molecule has 65 valence electrons. The number of hydrogen-bond acceptors (Lipinski definition) is 0. The average Bonchev–Trinajstić information content (AvgIpc) is 2.03. The summed E-state index contributed by atoms with van der Waals surface area (Å²) in [5.74, 6) is 0. The Bertz CT molecular complexity index is 58.6. The summed E-state index contributed by atoms with van der Waals surface area (Å²) >= 11 is 1.54. The van der Waals surface area contributed by atoms with Crippen molar-refractivity contribution in [2.45, 2.75) is 49.6 Å². The van der Waals surface area contributed by atoms with E-state index in [4.69, 9.17) is 0 Å². The summed E-state index contributed by atoms with van der Waals surface area (Å²) in [6, 6.07) is 0. The first-order chi connectivity index (χ1) is 5.41. The molecule has 0 aromatic rings. The Hall–Kier alpha value is 0.700. The molecule has 0 aromatic heterocycles. The molecule has 0 bridgehead atoms. The molecule has 11 heavy (non-hydrogen) atoms. The van der Waals surface area contributed by atoms with Crippen LogP contribution in [-0.4, -0.2) is 6.61 Å². The fourth-order valence-electron chi connectivity index (χ4n) is 1.10. The molecule has 2 heteroatoms. The van der Waals surface area contributed by atoms with Gasteiger partial charge in [-0.15, -0.1) is 0 Å². The zero-order chi connectivity index (χ0) is 8.36. The second-order valence-electron chi connectivity index (χ2n) is 2.90. The van der Waals surface area contributed by atoms with Crippen molar-refractivity contribution in [1.29, 1.82) is 0 Å². The number of hydrogen-bond donors (Lipinski definition) is 0. The molecule has 0 saturated heterocycles. The van der Waals surface area contributed by atoms with Gasteiger partial charge in [0.15, 0.2) is 0 Å². The third-order valence-electron chi connectivity index (χ3n) is 1.80. The Kier molecular flexibility index (Phi) is 11.4. The van der Waals surface area contributed by atoms with Gasteiger partial charge in [0.05, 0.1) is 0 Å². The van der Waals surface area contributed by atoms with Crippen LogP contribution in [0.3, 0.4) is 0 Å². The van der Waals surface area contributed by atoms with Crippen LogP contribution in [0, 0.1) is 0 Å². The van der Waals surface area contributed by atoms with Gasteiger partial charge >= 0.3 is 82.4 Å². The minimum atomic E-state index is 0.124. The number of unbranched alkanes of at least 4 members (excludes halogenated alkanes) is 6. The van der Waals surface area contributed by atoms with Crippen LogP contribution in [0.2, 0.25) is 4.64 Å². The molecule has 0 saturated carbocycles. The molecule has 0 aliphatic carbocycles. The second-order valence-corrected chi connectivity index (χ2v) is 4.51. The predicted molar refractivity (Wildman–Crippen MR) is 42.7 cm³/mol. The number of rotatable bonds is 8. The fraction of sp³-hybridized carbons (Fsp3) is 1.00. The van der Waals surface area contributed by atoms with Crippen molar-refractivity contribution in [3.63, 3.8) is 0 Å². The monoisotopic (exact) mass is 323 g/mol. The molecule has 0 aromatic carbocycles. The summed E-state index contributed by atoms with van der Waals surface area (Å²) in [5.41, 5.74) is 0. The van der Waals surface area contributed by atoms with Crippen LogP contribution < -0.4 is 0 Å². The van der Waals surface area contributed by atoms with E-state index in [2.05, 4.69) is 0 Å². The van der Waals surface area contributed by atoms with E-state index in [0.29, 0.717) is 0 Å². The Morgan fingerprint density at radius 2 is 1.18 bits per heavy atom. The van der Waals surface area contributed by atoms with Crippen LogP contribution >= 0.6 is 0 Å². The van der Waals surface area contributed by atoms with Crippen molar-refractivity contribution in [3.8, 4) is 0 Å². The van der Waals surface area contributed by atoms with E-state index >= 15 is 0 Å². The van der Waals surface area contributed by atoms with Crippen LogP contribution in [0.25, 0.3) is 0 Å². The molecular weight excluding hydrogens is 305 g/mol. The zero-order valence-corrected chi connectivity index (χ0v) is 10.4. The standard InChI is InChI=1S/C9H18O.Ta/c1-2-3-4-5-6-7-8-9-10;/h1-9H2;. The summed E-state index contributed by atoms with van der Waals surface area (Å²) in [4.78, 5) is 0. The van der Waals surface area contributed by atoms with Gasteiger partial charge in [-0.25, -0.2) is 0 Å². The molecule has 0 amide bonds. The summed E-state index contributed by atoms with van der Waals surface area (Å²) in [6.07, 6.45) is 8.89. The third kappa shape index (κ3) is 10.7. The average molecular weight is 323 g/mol. The SMILES string of the molecule is [O]CCCCCCCC[CH2][Ta].